The molecule has 2 aromatic heterocycles. The van der Waals surface area contributed by atoms with Gasteiger partial charge in [-0.15, -0.1) is 0 Å². The summed E-state index contributed by atoms with van der Waals surface area (Å²) in [5, 5.41) is 3.27. The quantitative estimate of drug-likeness (QED) is 0.747. The average Bonchev–Trinajstić information content (AvgIpc) is 2.61. The number of nitrogens with zero attached hydrogens (tertiary/aromatic N) is 2. The number of halogens is 2. The van der Waals surface area contributed by atoms with E-state index in [2.05, 4.69) is 15.3 Å². The van der Waals surface area contributed by atoms with Crippen molar-refractivity contribution in [2.24, 2.45) is 0 Å². The number of aromatic nitrogens is 2. The Kier molecular flexibility index (Phi) is 5.08. The highest BCUT2D eigenvalue weighted by atomic mass is 19.2. The topological polar surface area (TPSA) is 47.0 Å². The Morgan fingerprint density at radius 3 is 2.62 bits per heavy atom. The van der Waals surface area contributed by atoms with Crippen LogP contribution >= 0.6 is 0 Å². The summed E-state index contributed by atoms with van der Waals surface area (Å²) in [5.41, 5.74) is 1.87. The molecule has 0 bridgehead atoms. The van der Waals surface area contributed by atoms with Gasteiger partial charge in [0.15, 0.2) is 11.6 Å². The summed E-state index contributed by atoms with van der Waals surface area (Å²) in [6, 6.07) is 10.9. The molecule has 6 heteroatoms. The maximum atomic E-state index is 13.3. The molecule has 24 heavy (non-hydrogen) atoms. The highest BCUT2D eigenvalue weighted by Gasteiger charge is 2.08. The molecule has 0 spiro atoms. The van der Waals surface area contributed by atoms with Crippen molar-refractivity contribution >= 4 is 0 Å². The van der Waals surface area contributed by atoms with E-state index in [1.807, 2.05) is 18.2 Å². The van der Waals surface area contributed by atoms with Crippen molar-refractivity contribution in [3.63, 3.8) is 0 Å². The van der Waals surface area contributed by atoms with Crippen LogP contribution in [0, 0.1) is 11.6 Å². The van der Waals surface area contributed by atoms with Gasteiger partial charge in [-0.2, -0.15) is 0 Å². The molecule has 0 saturated heterocycles. The Bertz CT molecular complexity index is 812. The van der Waals surface area contributed by atoms with E-state index in [0.717, 1.165) is 23.3 Å². The van der Waals surface area contributed by atoms with E-state index in [-0.39, 0.29) is 5.75 Å². The third-order valence-corrected chi connectivity index (χ3v) is 3.32. The van der Waals surface area contributed by atoms with Crippen molar-refractivity contribution in [2.75, 3.05) is 0 Å². The Morgan fingerprint density at radius 1 is 0.958 bits per heavy atom. The largest absolute Gasteiger partial charge is 0.439 e. The Morgan fingerprint density at radius 2 is 1.83 bits per heavy atom. The van der Waals surface area contributed by atoms with Crippen LogP contribution in [0.1, 0.15) is 11.1 Å². The second kappa shape index (κ2) is 7.61. The second-order valence-electron chi connectivity index (χ2n) is 5.11. The van der Waals surface area contributed by atoms with Gasteiger partial charge in [0.1, 0.15) is 5.75 Å². The number of benzene rings is 1. The highest BCUT2D eigenvalue weighted by Crippen LogP contribution is 2.24. The maximum absolute atomic E-state index is 13.3. The first-order valence-electron chi connectivity index (χ1n) is 7.39. The lowest BCUT2D eigenvalue weighted by molar-refractivity contribution is 0.440. The zero-order valence-corrected chi connectivity index (χ0v) is 12.7. The number of ether oxygens (including phenoxy) is 1. The van der Waals surface area contributed by atoms with E-state index in [1.54, 1.807) is 24.7 Å². The molecular weight excluding hydrogens is 312 g/mol. The van der Waals surface area contributed by atoms with Gasteiger partial charge in [-0.25, -0.2) is 13.8 Å². The predicted molar refractivity (Wildman–Crippen MR) is 85.4 cm³/mol. The lowest BCUT2D eigenvalue weighted by Gasteiger charge is -2.11. The molecule has 2 heterocycles. The Balaban J connectivity index is 1.67. The summed E-state index contributed by atoms with van der Waals surface area (Å²) in [4.78, 5) is 8.22. The fourth-order valence-corrected chi connectivity index (χ4v) is 2.15. The van der Waals surface area contributed by atoms with Gasteiger partial charge in [0.25, 0.3) is 0 Å². The van der Waals surface area contributed by atoms with Crippen LogP contribution in [0.15, 0.2) is 61.1 Å². The van der Waals surface area contributed by atoms with Crippen LogP contribution in [0.3, 0.4) is 0 Å². The minimum absolute atomic E-state index is 0.195. The van der Waals surface area contributed by atoms with Crippen molar-refractivity contribution < 1.29 is 13.5 Å². The summed E-state index contributed by atoms with van der Waals surface area (Å²) < 4.78 is 31.8. The highest BCUT2D eigenvalue weighted by molar-refractivity contribution is 5.32. The van der Waals surface area contributed by atoms with E-state index < -0.39 is 11.6 Å². The Labute approximate surface area is 138 Å². The molecule has 0 amide bonds. The smallest absolute Gasteiger partial charge is 0.223 e. The first-order chi connectivity index (χ1) is 11.7. The standard InChI is InChI=1S/C18H15F2N3O/c19-16-6-5-15(9-17(16)20)24-18-14(4-2-8-23-18)12-22-11-13-3-1-7-21-10-13/h1-10,22H,11-12H2. The van der Waals surface area contributed by atoms with Crippen LogP contribution in [0.2, 0.25) is 0 Å². The number of rotatable bonds is 6. The van der Waals surface area contributed by atoms with E-state index in [9.17, 15) is 8.78 Å². The molecule has 0 aliphatic heterocycles. The van der Waals surface area contributed by atoms with Gasteiger partial charge in [0.05, 0.1) is 0 Å². The monoisotopic (exact) mass is 327 g/mol. The molecule has 1 aromatic carbocycles. The number of nitrogens with one attached hydrogen (secondary N) is 1. The fraction of sp³-hybridized carbons (Fsp3) is 0.111. The molecule has 3 aromatic rings. The molecule has 0 unspecified atom stereocenters. The van der Waals surface area contributed by atoms with Crippen LogP contribution in [0.4, 0.5) is 8.78 Å². The van der Waals surface area contributed by atoms with Gasteiger partial charge in [-0.05, 0) is 29.8 Å². The van der Waals surface area contributed by atoms with Gasteiger partial charge in [0.2, 0.25) is 5.88 Å². The van der Waals surface area contributed by atoms with Crippen molar-refractivity contribution in [3.8, 4) is 11.6 Å². The Hall–Kier alpha value is -2.86. The van der Waals surface area contributed by atoms with E-state index >= 15 is 0 Å². The van der Waals surface area contributed by atoms with E-state index in [0.29, 0.717) is 19.0 Å². The first-order valence-corrected chi connectivity index (χ1v) is 7.39. The summed E-state index contributed by atoms with van der Waals surface area (Å²) in [7, 11) is 0. The minimum Gasteiger partial charge on any atom is -0.439 e. The third-order valence-electron chi connectivity index (χ3n) is 3.32. The van der Waals surface area contributed by atoms with Crippen molar-refractivity contribution in [1.29, 1.82) is 0 Å². The van der Waals surface area contributed by atoms with E-state index in [1.165, 1.54) is 6.07 Å². The first kappa shape index (κ1) is 16.0. The molecule has 0 atom stereocenters. The summed E-state index contributed by atoms with van der Waals surface area (Å²) in [6.07, 6.45) is 5.09. The average molecular weight is 327 g/mol. The SMILES string of the molecule is Fc1ccc(Oc2ncccc2CNCc2cccnc2)cc1F. The fourth-order valence-electron chi connectivity index (χ4n) is 2.15. The third kappa shape index (κ3) is 4.11. The zero-order chi connectivity index (χ0) is 16.8. The van der Waals surface area contributed by atoms with Gasteiger partial charge in [-0.1, -0.05) is 12.1 Å². The lowest BCUT2D eigenvalue weighted by Crippen LogP contribution is -2.13. The molecule has 3 rings (SSSR count). The van der Waals surface area contributed by atoms with Gasteiger partial charge < -0.3 is 10.1 Å². The van der Waals surface area contributed by atoms with Crippen LogP contribution in [0.25, 0.3) is 0 Å². The summed E-state index contributed by atoms with van der Waals surface area (Å²) in [6.45, 7) is 1.16. The van der Waals surface area contributed by atoms with Crippen LogP contribution in [0.5, 0.6) is 11.6 Å². The molecule has 122 valence electrons. The maximum Gasteiger partial charge on any atom is 0.223 e. The van der Waals surface area contributed by atoms with Crippen molar-refractivity contribution in [2.45, 2.75) is 13.1 Å². The zero-order valence-electron chi connectivity index (χ0n) is 12.7. The molecule has 1 N–H and O–H groups in total. The summed E-state index contributed by atoms with van der Waals surface area (Å²) >= 11 is 0. The van der Waals surface area contributed by atoms with Gasteiger partial charge in [0, 0.05) is 43.3 Å². The number of pyridine rings is 2. The van der Waals surface area contributed by atoms with Crippen LogP contribution in [-0.4, -0.2) is 9.97 Å². The second-order valence-corrected chi connectivity index (χ2v) is 5.11. The predicted octanol–water partition coefficient (Wildman–Crippen LogP) is 3.84. The molecular formula is C18H15F2N3O. The van der Waals surface area contributed by atoms with Gasteiger partial charge >= 0.3 is 0 Å². The molecule has 0 fully saturated rings. The van der Waals surface area contributed by atoms with Crippen LogP contribution in [-0.2, 0) is 13.1 Å². The van der Waals surface area contributed by atoms with Crippen molar-refractivity contribution in [1.82, 2.24) is 15.3 Å². The van der Waals surface area contributed by atoms with Crippen molar-refractivity contribution in [3.05, 3.63) is 83.8 Å². The minimum atomic E-state index is -0.959. The molecule has 0 saturated carbocycles. The number of hydrogen-bond acceptors (Lipinski definition) is 4. The molecule has 4 nitrogen and oxygen atoms in total. The molecule has 0 radical (unpaired) electrons. The molecule has 0 aliphatic carbocycles. The summed E-state index contributed by atoms with van der Waals surface area (Å²) in [5.74, 6) is -1.33. The normalized spacial score (nSPS) is 10.6. The van der Waals surface area contributed by atoms with Crippen LogP contribution < -0.4 is 10.1 Å². The molecule has 0 aliphatic rings. The number of hydrogen-bond donors (Lipinski definition) is 1. The van der Waals surface area contributed by atoms with E-state index in [4.69, 9.17) is 4.74 Å². The lowest BCUT2D eigenvalue weighted by atomic mass is 10.2. The van der Waals surface area contributed by atoms with Gasteiger partial charge in [-0.3, -0.25) is 4.98 Å².